The second kappa shape index (κ2) is 5.94. The number of esters is 2. The molecule has 6 nitrogen and oxygen atoms in total. The van der Waals surface area contributed by atoms with Gasteiger partial charge in [-0.1, -0.05) is 6.92 Å². The van der Waals surface area contributed by atoms with Crippen LogP contribution in [-0.4, -0.2) is 35.9 Å². The number of ketones is 1. The molecule has 1 N–H and O–H groups in total. The first-order valence-corrected chi connectivity index (χ1v) is 7.30. The van der Waals surface area contributed by atoms with Crippen molar-refractivity contribution < 1.29 is 23.9 Å². The highest BCUT2D eigenvalue weighted by molar-refractivity contribution is 6.04. The summed E-state index contributed by atoms with van der Waals surface area (Å²) < 4.78 is 9.94. The SMILES string of the molecule is COC(=O)c1c(C)[nH]c(C(=O)[C@H](C)OC(=O)[C@@H]2C[C@@H]2C)c1C. The highest BCUT2D eigenvalue weighted by atomic mass is 16.5. The number of nitrogens with one attached hydrogen (secondary N) is 1. The fraction of sp³-hybridized carbons (Fsp3) is 0.562. The molecule has 1 heterocycles. The van der Waals surface area contributed by atoms with Crippen LogP contribution in [0.5, 0.6) is 0 Å². The summed E-state index contributed by atoms with van der Waals surface area (Å²) in [4.78, 5) is 38.9. The molecular weight excluding hydrogens is 286 g/mol. The largest absolute Gasteiger partial charge is 0.465 e. The average Bonchev–Trinajstić information content (AvgIpc) is 3.12. The van der Waals surface area contributed by atoms with Gasteiger partial charge in [-0.2, -0.15) is 0 Å². The highest BCUT2D eigenvalue weighted by Crippen LogP contribution is 2.39. The fourth-order valence-electron chi connectivity index (χ4n) is 2.57. The number of methoxy groups -OCH3 is 1. The molecule has 2 rings (SSSR count). The number of rotatable bonds is 5. The Morgan fingerprint density at radius 2 is 1.86 bits per heavy atom. The lowest BCUT2D eigenvalue weighted by atomic mass is 10.1. The van der Waals surface area contributed by atoms with Gasteiger partial charge in [0.05, 0.1) is 24.3 Å². The van der Waals surface area contributed by atoms with Crippen LogP contribution in [-0.2, 0) is 14.3 Å². The smallest absolute Gasteiger partial charge is 0.339 e. The van der Waals surface area contributed by atoms with Crippen LogP contribution in [0.25, 0.3) is 0 Å². The van der Waals surface area contributed by atoms with Crippen LogP contribution < -0.4 is 0 Å². The second-order valence-electron chi connectivity index (χ2n) is 5.88. The van der Waals surface area contributed by atoms with Gasteiger partial charge in [-0.15, -0.1) is 0 Å². The first kappa shape index (κ1) is 16.3. The summed E-state index contributed by atoms with van der Waals surface area (Å²) in [5.41, 5.74) is 1.70. The summed E-state index contributed by atoms with van der Waals surface area (Å²) in [6.45, 7) is 6.87. The van der Waals surface area contributed by atoms with Gasteiger partial charge in [0.15, 0.2) is 6.10 Å². The molecule has 3 atom stereocenters. The zero-order valence-corrected chi connectivity index (χ0v) is 13.5. The number of Topliss-reactive ketones (excluding diaryl/α,β-unsaturated/α-hetero) is 1. The minimum atomic E-state index is -0.887. The Balaban J connectivity index is 2.15. The van der Waals surface area contributed by atoms with Crippen LogP contribution in [0.2, 0.25) is 0 Å². The van der Waals surface area contributed by atoms with Crippen LogP contribution in [0.3, 0.4) is 0 Å². The maximum absolute atomic E-state index is 12.4. The van der Waals surface area contributed by atoms with Crippen molar-refractivity contribution in [3.05, 3.63) is 22.5 Å². The molecule has 1 aromatic heterocycles. The maximum Gasteiger partial charge on any atom is 0.339 e. The monoisotopic (exact) mass is 307 g/mol. The van der Waals surface area contributed by atoms with Gasteiger partial charge in [-0.3, -0.25) is 9.59 Å². The van der Waals surface area contributed by atoms with E-state index in [0.29, 0.717) is 22.7 Å². The Kier molecular flexibility index (Phi) is 4.39. The molecule has 0 spiro atoms. The third kappa shape index (κ3) is 2.91. The molecule has 1 aliphatic rings. The quantitative estimate of drug-likeness (QED) is 0.665. The van der Waals surface area contributed by atoms with Gasteiger partial charge in [0, 0.05) is 5.69 Å². The predicted molar refractivity (Wildman–Crippen MR) is 78.8 cm³/mol. The van der Waals surface area contributed by atoms with Gasteiger partial charge in [-0.25, -0.2) is 4.79 Å². The molecule has 0 saturated heterocycles. The molecule has 0 unspecified atom stereocenters. The number of carbonyl (C=O) groups is 3. The number of aromatic amines is 1. The van der Waals surface area contributed by atoms with E-state index in [4.69, 9.17) is 9.47 Å². The van der Waals surface area contributed by atoms with E-state index in [1.54, 1.807) is 20.8 Å². The summed E-state index contributed by atoms with van der Waals surface area (Å²) in [5, 5.41) is 0. The summed E-state index contributed by atoms with van der Waals surface area (Å²) in [7, 11) is 1.29. The molecule has 120 valence electrons. The van der Waals surface area contributed by atoms with Crippen molar-refractivity contribution in [2.45, 2.75) is 40.2 Å². The van der Waals surface area contributed by atoms with Gasteiger partial charge >= 0.3 is 11.9 Å². The Labute approximate surface area is 129 Å². The van der Waals surface area contributed by atoms with Crippen LogP contribution in [0.4, 0.5) is 0 Å². The van der Waals surface area contributed by atoms with Gasteiger partial charge < -0.3 is 14.5 Å². The number of H-pyrrole nitrogens is 1. The Morgan fingerprint density at radius 3 is 2.36 bits per heavy atom. The van der Waals surface area contributed by atoms with E-state index in [9.17, 15) is 14.4 Å². The fourth-order valence-corrected chi connectivity index (χ4v) is 2.57. The van der Waals surface area contributed by atoms with Crippen molar-refractivity contribution in [2.24, 2.45) is 11.8 Å². The zero-order chi connectivity index (χ0) is 16.6. The molecule has 6 heteroatoms. The molecule has 22 heavy (non-hydrogen) atoms. The van der Waals surface area contributed by atoms with Crippen molar-refractivity contribution in [3.63, 3.8) is 0 Å². The number of carbonyl (C=O) groups excluding carboxylic acids is 3. The van der Waals surface area contributed by atoms with Crippen LogP contribution >= 0.6 is 0 Å². The van der Waals surface area contributed by atoms with E-state index in [-0.39, 0.29) is 23.4 Å². The van der Waals surface area contributed by atoms with E-state index >= 15 is 0 Å². The van der Waals surface area contributed by atoms with Gasteiger partial charge in [-0.05, 0) is 38.7 Å². The van der Waals surface area contributed by atoms with Crippen molar-refractivity contribution in [2.75, 3.05) is 7.11 Å². The summed E-state index contributed by atoms with van der Waals surface area (Å²) >= 11 is 0. The molecular formula is C16H21NO5. The number of aromatic nitrogens is 1. The molecule has 0 aliphatic heterocycles. The molecule has 1 aliphatic carbocycles. The Bertz CT molecular complexity index is 631. The van der Waals surface area contributed by atoms with E-state index < -0.39 is 12.1 Å². The van der Waals surface area contributed by atoms with Crippen molar-refractivity contribution in [1.29, 1.82) is 0 Å². The molecule has 0 bridgehead atoms. The normalized spacial score (nSPS) is 21.1. The lowest BCUT2D eigenvalue weighted by Crippen LogP contribution is -2.26. The van der Waals surface area contributed by atoms with Crippen LogP contribution in [0.1, 0.15) is 52.4 Å². The molecule has 0 aromatic carbocycles. The summed E-state index contributed by atoms with van der Waals surface area (Å²) in [6, 6.07) is 0. The molecule has 0 amide bonds. The van der Waals surface area contributed by atoms with E-state index in [2.05, 4.69) is 4.98 Å². The minimum absolute atomic E-state index is 0.0904. The van der Waals surface area contributed by atoms with Gasteiger partial charge in [0.2, 0.25) is 5.78 Å². The van der Waals surface area contributed by atoms with Crippen molar-refractivity contribution in [1.82, 2.24) is 4.98 Å². The Hall–Kier alpha value is -2.11. The summed E-state index contributed by atoms with van der Waals surface area (Å²) in [5.74, 6) is -0.941. The standard InChI is InChI=1S/C16H21NO5/c1-7-6-11(7)15(19)22-10(4)14(18)13-8(2)12(9(3)17-13)16(20)21-5/h7,10-11,17H,6H2,1-5H3/t7-,10-,11+/m0/s1. The number of hydrogen-bond donors (Lipinski definition) is 1. The molecule has 1 fully saturated rings. The molecule has 0 radical (unpaired) electrons. The molecule has 1 aromatic rings. The van der Waals surface area contributed by atoms with E-state index in [1.807, 2.05) is 6.92 Å². The maximum atomic E-state index is 12.4. The number of hydrogen-bond acceptors (Lipinski definition) is 5. The Morgan fingerprint density at radius 1 is 1.27 bits per heavy atom. The molecule has 1 saturated carbocycles. The van der Waals surface area contributed by atoms with E-state index in [0.717, 1.165) is 6.42 Å². The van der Waals surface area contributed by atoms with Gasteiger partial charge in [0.25, 0.3) is 0 Å². The van der Waals surface area contributed by atoms with Crippen molar-refractivity contribution in [3.8, 4) is 0 Å². The first-order chi connectivity index (χ1) is 10.3. The topological polar surface area (TPSA) is 85.5 Å². The third-order valence-electron chi connectivity index (χ3n) is 4.15. The van der Waals surface area contributed by atoms with E-state index in [1.165, 1.54) is 7.11 Å². The highest BCUT2D eigenvalue weighted by Gasteiger charge is 2.41. The van der Waals surface area contributed by atoms with Crippen molar-refractivity contribution >= 4 is 17.7 Å². The first-order valence-electron chi connectivity index (χ1n) is 7.30. The lowest BCUT2D eigenvalue weighted by Gasteiger charge is -2.12. The van der Waals surface area contributed by atoms with Crippen LogP contribution in [0.15, 0.2) is 0 Å². The number of ether oxygens (including phenoxy) is 2. The zero-order valence-electron chi connectivity index (χ0n) is 13.5. The lowest BCUT2D eigenvalue weighted by molar-refractivity contribution is -0.148. The van der Waals surface area contributed by atoms with Gasteiger partial charge in [0.1, 0.15) is 0 Å². The second-order valence-corrected chi connectivity index (χ2v) is 5.88. The predicted octanol–water partition coefficient (Wildman–Crippen LogP) is 2.19. The summed E-state index contributed by atoms with van der Waals surface area (Å²) in [6.07, 6.45) is -0.0742. The number of aryl methyl sites for hydroxylation is 1. The minimum Gasteiger partial charge on any atom is -0.465 e. The average molecular weight is 307 g/mol. The van der Waals surface area contributed by atoms with Crippen LogP contribution in [0, 0.1) is 25.7 Å². The third-order valence-corrected chi connectivity index (χ3v) is 4.15.